The Morgan fingerprint density at radius 2 is 1.71 bits per heavy atom. The minimum Gasteiger partial charge on any atom is -0.373 e. The minimum atomic E-state index is -4.31. The number of halogens is 3. The number of rotatable bonds is 3. The predicted molar refractivity (Wildman–Crippen MR) is 74.8 cm³/mol. The summed E-state index contributed by atoms with van der Waals surface area (Å²) in [5.74, 6) is 0. The van der Waals surface area contributed by atoms with Gasteiger partial charge in [0.15, 0.2) is 0 Å². The average Bonchev–Trinajstić information content (AvgIpc) is 2.36. The van der Waals surface area contributed by atoms with Gasteiger partial charge in [-0.05, 0) is 31.5 Å². The van der Waals surface area contributed by atoms with E-state index in [2.05, 4.69) is 4.90 Å². The fraction of sp³-hybridized carbons (Fsp3) is 0.600. The van der Waals surface area contributed by atoms with Gasteiger partial charge in [-0.2, -0.15) is 13.2 Å². The first-order valence-corrected chi connectivity index (χ1v) is 7.06. The molecule has 21 heavy (non-hydrogen) atoms. The minimum absolute atomic E-state index is 0.147. The van der Waals surface area contributed by atoms with Gasteiger partial charge in [0.2, 0.25) is 0 Å². The molecule has 1 aliphatic heterocycles. The van der Waals surface area contributed by atoms with E-state index in [1.54, 1.807) is 0 Å². The number of alkyl halides is 3. The van der Waals surface area contributed by atoms with Gasteiger partial charge in [0, 0.05) is 25.7 Å². The van der Waals surface area contributed by atoms with E-state index in [-0.39, 0.29) is 18.2 Å². The molecule has 1 fully saturated rings. The molecule has 1 unspecified atom stereocenters. The van der Waals surface area contributed by atoms with Crippen LogP contribution in [0.5, 0.6) is 0 Å². The normalized spacial score (nSPS) is 25.8. The Morgan fingerprint density at radius 1 is 1.19 bits per heavy atom. The monoisotopic (exact) mass is 302 g/mol. The van der Waals surface area contributed by atoms with Crippen molar-refractivity contribution in [2.75, 3.05) is 19.6 Å². The van der Waals surface area contributed by atoms with Crippen molar-refractivity contribution < 1.29 is 17.9 Å². The Labute approximate surface area is 122 Å². The molecule has 0 spiro atoms. The molecule has 1 aliphatic rings. The maximum Gasteiger partial charge on any atom is 0.416 e. The fourth-order valence-corrected chi connectivity index (χ4v) is 2.74. The van der Waals surface area contributed by atoms with Crippen LogP contribution in [0.15, 0.2) is 24.3 Å². The van der Waals surface area contributed by atoms with Crippen LogP contribution in [0.1, 0.15) is 31.0 Å². The summed E-state index contributed by atoms with van der Waals surface area (Å²) in [5.41, 5.74) is 6.18. The number of benzene rings is 1. The van der Waals surface area contributed by atoms with Crippen LogP contribution in [0.25, 0.3) is 0 Å². The molecule has 0 bridgehead atoms. The quantitative estimate of drug-likeness (QED) is 0.933. The summed E-state index contributed by atoms with van der Waals surface area (Å²) in [6, 6.07) is 4.78. The van der Waals surface area contributed by atoms with Gasteiger partial charge in [-0.25, -0.2) is 0 Å². The van der Waals surface area contributed by atoms with Gasteiger partial charge >= 0.3 is 6.18 Å². The van der Waals surface area contributed by atoms with Crippen LogP contribution < -0.4 is 5.73 Å². The third-order valence-electron chi connectivity index (χ3n) is 3.62. The summed E-state index contributed by atoms with van der Waals surface area (Å²) in [7, 11) is 0. The number of morpholine rings is 1. The second-order valence-electron chi connectivity index (χ2n) is 5.70. The molecule has 118 valence electrons. The molecule has 0 aliphatic carbocycles. The molecular formula is C15H21F3N2O. The van der Waals surface area contributed by atoms with Crippen molar-refractivity contribution in [3.8, 4) is 0 Å². The average molecular weight is 302 g/mol. The summed E-state index contributed by atoms with van der Waals surface area (Å²) >= 11 is 0. The molecular weight excluding hydrogens is 281 g/mol. The first-order valence-electron chi connectivity index (χ1n) is 7.06. The van der Waals surface area contributed by atoms with E-state index in [0.717, 1.165) is 30.8 Å². The summed E-state index contributed by atoms with van der Waals surface area (Å²) < 4.78 is 43.2. The van der Waals surface area contributed by atoms with Crippen molar-refractivity contribution in [2.45, 2.75) is 38.3 Å². The number of nitrogens with zero attached hydrogens (tertiary/aromatic N) is 1. The Bertz CT molecular complexity index is 451. The molecule has 2 rings (SSSR count). The molecule has 0 radical (unpaired) electrons. The van der Waals surface area contributed by atoms with Gasteiger partial charge in [-0.3, -0.25) is 4.90 Å². The van der Waals surface area contributed by atoms with Crippen LogP contribution in [0, 0.1) is 0 Å². The van der Waals surface area contributed by atoms with Crippen LogP contribution in [0.4, 0.5) is 13.2 Å². The highest BCUT2D eigenvalue weighted by molar-refractivity contribution is 5.26. The highest BCUT2D eigenvalue weighted by Crippen LogP contribution is 2.29. The SMILES string of the molecule is C[C@@H]1CN(CC(N)c2ccc(C(F)(F)F)cc2)C[C@H](C)O1. The number of hydrogen-bond acceptors (Lipinski definition) is 3. The van der Waals surface area contributed by atoms with E-state index in [1.165, 1.54) is 12.1 Å². The second kappa shape index (κ2) is 6.34. The molecule has 1 aromatic carbocycles. The van der Waals surface area contributed by atoms with Crippen LogP contribution in [0.3, 0.4) is 0 Å². The molecule has 2 N–H and O–H groups in total. The molecule has 3 nitrogen and oxygen atoms in total. The maximum absolute atomic E-state index is 12.5. The summed E-state index contributed by atoms with van der Waals surface area (Å²) in [6.07, 6.45) is -4.01. The molecule has 0 aromatic heterocycles. The highest BCUT2D eigenvalue weighted by atomic mass is 19.4. The Hall–Kier alpha value is -1.11. The smallest absolute Gasteiger partial charge is 0.373 e. The topological polar surface area (TPSA) is 38.5 Å². The zero-order chi connectivity index (χ0) is 15.6. The molecule has 1 saturated heterocycles. The van der Waals surface area contributed by atoms with Crippen molar-refractivity contribution >= 4 is 0 Å². The number of nitrogens with two attached hydrogens (primary N) is 1. The standard InChI is InChI=1S/C15H21F3N2O/c1-10-7-20(8-11(2)21-10)9-14(19)12-3-5-13(6-4-12)15(16,17)18/h3-6,10-11,14H,7-9,19H2,1-2H3/t10-,11+,14?. The molecule has 1 aromatic rings. The Kier molecular flexibility index (Phi) is 4.91. The molecule has 3 atom stereocenters. The Morgan fingerprint density at radius 3 is 2.19 bits per heavy atom. The van der Waals surface area contributed by atoms with Gasteiger partial charge in [0.25, 0.3) is 0 Å². The van der Waals surface area contributed by atoms with E-state index in [0.29, 0.717) is 6.54 Å². The second-order valence-corrected chi connectivity index (χ2v) is 5.70. The lowest BCUT2D eigenvalue weighted by Gasteiger charge is -2.36. The fourth-order valence-electron chi connectivity index (χ4n) is 2.74. The van der Waals surface area contributed by atoms with E-state index in [9.17, 15) is 13.2 Å². The number of ether oxygens (including phenoxy) is 1. The Balaban J connectivity index is 1.98. The van der Waals surface area contributed by atoms with Gasteiger partial charge < -0.3 is 10.5 Å². The lowest BCUT2D eigenvalue weighted by molar-refractivity contribution is -0.137. The van der Waals surface area contributed by atoms with Gasteiger partial charge in [-0.1, -0.05) is 12.1 Å². The zero-order valence-electron chi connectivity index (χ0n) is 12.2. The van der Waals surface area contributed by atoms with Crippen molar-refractivity contribution in [1.29, 1.82) is 0 Å². The third kappa shape index (κ3) is 4.43. The van der Waals surface area contributed by atoms with Crippen molar-refractivity contribution in [3.05, 3.63) is 35.4 Å². The summed E-state index contributed by atoms with van der Waals surface area (Å²) in [4.78, 5) is 2.20. The highest BCUT2D eigenvalue weighted by Gasteiger charge is 2.30. The van der Waals surface area contributed by atoms with E-state index in [4.69, 9.17) is 10.5 Å². The number of hydrogen-bond donors (Lipinski definition) is 1. The predicted octanol–water partition coefficient (Wildman–Crippen LogP) is 2.81. The van der Waals surface area contributed by atoms with E-state index >= 15 is 0 Å². The lowest BCUT2D eigenvalue weighted by atomic mass is 10.0. The molecule has 6 heteroatoms. The van der Waals surface area contributed by atoms with E-state index in [1.807, 2.05) is 13.8 Å². The van der Waals surface area contributed by atoms with Gasteiger partial charge in [-0.15, -0.1) is 0 Å². The van der Waals surface area contributed by atoms with Crippen LogP contribution in [-0.4, -0.2) is 36.7 Å². The summed E-state index contributed by atoms with van der Waals surface area (Å²) in [5, 5.41) is 0. The summed E-state index contributed by atoms with van der Waals surface area (Å²) in [6.45, 7) is 6.21. The van der Waals surface area contributed by atoms with Crippen LogP contribution in [-0.2, 0) is 10.9 Å². The third-order valence-corrected chi connectivity index (χ3v) is 3.62. The molecule has 0 amide bonds. The first kappa shape index (κ1) is 16.3. The van der Waals surface area contributed by atoms with Crippen molar-refractivity contribution in [2.24, 2.45) is 5.73 Å². The van der Waals surface area contributed by atoms with E-state index < -0.39 is 11.7 Å². The molecule has 1 heterocycles. The lowest BCUT2D eigenvalue weighted by Crippen LogP contribution is -2.47. The van der Waals surface area contributed by atoms with Crippen LogP contribution in [0.2, 0.25) is 0 Å². The maximum atomic E-state index is 12.5. The van der Waals surface area contributed by atoms with Crippen LogP contribution >= 0.6 is 0 Å². The van der Waals surface area contributed by atoms with Crippen molar-refractivity contribution in [1.82, 2.24) is 4.90 Å². The van der Waals surface area contributed by atoms with Crippen molar-refractivity contribution in [3.63, 3.8) is 0 Å². The van der Waals surface area contributed by atoms with Gasteiger partial charge in [0.05, 0.1) is 17.8 Å². The molecule has 0 saturated carbocycles. The van der Waals surface area contributed by atoms with Gasteiger partial charge in [0.1, 0.15) is 0 Å². The zero-order valence-corrected chi connectivity index (χ0v) is 12.2. The largest absolute Gasteiger partial charge is 0.416 e. The first-order chi connectivity index (χ1) is 9.75.